The van der Waals surface area contributed by atoms with Crippen molar-refractivity contribution < 1.29 is 9.21 Å². The quantitative estimate of drug-likeness (QED) is 0.791. The molecule has 0 aliphatic rings. The van der Waals surface area contributed by atoms with Crippen LogP contribution in [0.15, 0.2) is 21.9 Å². The molecule has 0 saturated carbocycles. The number of furan rings is 1. The Bertz CT molecular complexity index is 801. The van der Waals surface area contributed by atoms with Crippen LogP contribution in [0.1, 0.15) is 26.8 Å². The van der Waals surface area contributed by atoms with E-state index in [1.54, 1.807) is 0 Å². The lowest BCUT2D eigenvalue weighted by Gasteiger charge is -1.98. The Balaban J connectivity index is 1.85. The molecule has 3 rings (SSSR count). The summed E-state index contributed by atoms with van der Waals surface area (Å²) in [7, 11) is 0. The van der Waals surface area contributed by atoms with Crippen LogP contribution in [-0.2, 0) is 0 Å². The van der Waals surface area contributed by atoms with E-state index in [0.29, 0.717) is 26.5 Å². The average Bonchev–Trinajstić information content (AvgIpc) is 3.11. The second-order valence-electron chi connectivity index (χ2n) is 4.59. The van der Waals surface area contributed by atoms with E-state index >= 15 is 0 Å². The number of aromatic nitrogens is 2. The van der Waals surface area contributed by atoms with Crippen molar-refractivity contribution in [3.63, 3.8) is 0 Å². The van der Waals surface area contributed by atoms with Gasteiger partial charge in [-0.1, -0.05) is 0 Å². The molecule has 0 unspecified atom stereocenters. The van der Waals surface area contributed by atoms with Crippen LogP contribution in [0.25, 0.3) is 10.8 Å². The Morgan fingerprint density at radius 2 is 2.05 bits per heavy atom. The lowest BCUT2D eigenvalue weighted by Crippen LogP contribution is -2.11. The normalized spacial score (nSPS) is 10.8. The average molecular weight is 319 g/mol. The number of nitrogens with one attached hydrogen (secondary N) is 1. The molecule has 7 heteroatoms. The van der Waals surface area contributed by atoms with Crippen LogP contribution in [0, 0.1) is 20.8 Å². The van der Waals surface area contributed by atoms with Gasteiger partial charge in [-0.3, -0.25) is 10.1 Å². The van der Waals surface area contributed by atoms with Crippen molar-refractivity contribution in [1.82, 2.24) is 9.97 Å². The van der Waals surface area contributed by atoms with Crippen LogP contribution in [0.5, 0.6) is 0 Å². The highest BCUT2D eigenvalue weighted by Crippen LogP contribution is 2.30. The molecule has 0 spiro atoms. The van der Waals surface area contributed by atoms with Crippen molar-refractivity contribution in [2.24, 2.45) is 0 Å². The van der Waals surface area contributed by atoms with Gasteiger partial charge >= 0.3 is 0 Å². The molecule has 0 bridgehead atoms. The number of nitrogens with zero attached hydrogens (tertiary/aromatic N) is 2. The molecule has 3 heterocycles. The smallest absolute Gasteiger partial charge is 0.269 e. The SMILES string of the molecule is Cc1csc(NC(=O)c2sc(-c3ccc(C)o3)nc2C)n1. The van der Waals surface area contributed by atoms with Gasteiger partial charge < -0.3 is 4.42 Å². The molecule has 0 aliphatic carbocycles. The van der Waals surface area contributed by atoms with E-state index < -0.39 is 0 Å². The number of aryl methyl sites for hydroxylation is 3. The highest BCUT2D eigenvalue weighted by Gasteiger charge is 2.18. The van der Waals surface area contributed by atoms with Crippen LogP contribution in [0.3, 0.4) is 0 Å². The summed E-state index contributed by atoms with van der Waals surface area (Å²) in [6.45, 7) is 5.58. The van der Waals surface area contributed by atoms with E-state index in [9.17, 15) is 4.79 Å². The lowest BCUT2D eigenvalue weighted by molar-refractivity contribution is 0.103. The van der Waals surface area contributed by atoms with Gasteiger partial charge in [0, 0.05) is 5.38 Å². The number of hydrogen-bond donors (Lipinski definition) is 1. The first-order chi connectivity index (χ1) is 10.0. The summed E-state index contributed by atoms with van der Waals surface area (Å²) < 4.78 is 5.55. The summed E-state index contributed by atoms with van der Waals surface area (Å²) in [6, 6.07) is 3.74. The van der Waals surface area contributed by atoms with Gasteiger partial charge in [0.05, 0.1) is 11.4 Å². The summed E-state index contributed by atoms with van der Waals surface area (Å²) >= 11 is 2.73. The fourth-order valence-corrected chi connectivity index (χ4v) is 3.43. The van der Waals surface area contributed by atoms with Crippen molar-refractivity contribution in [2.45, 2.75) is 20.8 Å². The minimum absolute atomic E-state index is 0.186. The van der Waals surface area contributed by atoms with Gasteiger partial charge in [-0.05, 0) is 32.9 Å². The number of hydrogen-bond acceptors (Lipinski definition) is 6. The van der Waals surface area contributed by atoms with Gasteiger partial charge in [0.25, 0.3) is 5.91 Å². The van der Waals surface area contributed by atoms with E-state index in [2.05, 4.69) is 15.3 Å². The maximum absolute atomic E-state index is 12.3. The molecule has 1 N–H and O–H groups in total. The molecule has 0 aromatic carbocycles. The largest absolute Gasteiger partial charge is 0.459 e. The molecule has 5 nitrogen and oxygen atoms in total. The van der Waals surface area contributed by atoms with Crippen LogP contribution in [0.2, 0.25) is 0 Å². The first-order valence-electron chi connectivity index (χ1n) is 6.30. The first kappa shape index (κ1) is 14.0. The van der Waals surface area contributed by atoms with Crippen LogP contribution in [0.4, 0.5) is 5.13 Å². The lowest BCUT2D eigenvalue weighted by atomic mass is 10.4. The van der Waals surface area contributed by atoms with Gasteiger partial charge in [0.15, 0.2) is 15.9 Å². The van der Waals surface area contributed by atoms with Gasteiger partial charge in [0.1, 0.15) is 10.6 Å². The minimum atomic E-state index is -0.186. The zero-order chi connectivity index (χ0) is 15.0. The zero-order valence-corrected chi connectivity index (χ0v) is 13.4. The number of carbonyl (C=O) groups is 1. The second-order valence-corrected chi connectivity index (χ2v) is 6.45. The summed E-state index contributed by atoms with van der Waals surface area (Å²) in [4.78, 5) is 21.5. The topological polar surface area (TPSA) is 68.0 Å². The van der Waals surface area contributed by atoms with Crippen molar-refractivity contribution in [3.05, 3.63) is 39.5 Å². The third kappa shape index (κ3) is 2.88. The maximum Gasteiger partial charge on any atom is 0.269 e. The zero-order valence-electron chi connectivity index (χ0n) is 11.8. The fraction of sp³-hybridized carbons (Fsp3) is 0.214. The van der Waals surface area contributed by atoms with Gasteiger partial charge in [-0.2, -0.15) is 0 Å². The highest BCUT2D eigenvalue weighted by molar-refractivity contribution is 7.17. The Labute approximate surface area is 129 Å². The molecule has 3 aromatic heterocycles. The number of anilines is 1. The maximum atomic E-state index is 12.3. The number of amides is 1. The Morgan fingerprint density at radius 1 is 1.24 bits per heavy atom. The summed E-state index contributed by atoms with van der Waals surface area (Å²) in [5.41, 5.74) is 1.58. The van der Waals surface area contributed by atoms with Crippen LogP contribution >= 0.6 is 22.7 Å². The first-order valence-corrected chi connectivity index (χ1v) is 8.00. The molecule has 0 atom stereocenters. The van der Waals surface area contributed by atoms with Crippen LogP contribution in [-0.4, -0.2) is 15.9 Å². The highest BCUT2D eigenvalue weighted by atomic mass is 32.1. The Hall–Kier alpha value is -1.99. The van der Waals surface area contributed by atoms with Crippen molar-refractivity contribution in [2.75, 3.05) is 5.32 Å². The summed E-state index contributed by atoms with van der Waals surface area (Å²) in [5.74, 6) is 1.32. The Morgan fingerprint density at radius 3 is 2.67 bits per heavy atom. The molecule has 0 aliphatic heterocycles. The fourth-order valence-electron chi connectivity index (χ4n) is 1.83. The van der Waals surface area contributed by atoms with Gasteiger partial charge in [-0.15, -0.1) is 22.7 Å². The van der Waals surface area contributed by atoms with Crippen LogP contribution < -0.4 is 5.32 Å². The molecule has 0 saturated heterocycles. The van der Waals surface area contributed by atoms with E-state index in [4.69, 9.17) is 4.42 Å². The molecule has 0 fully saturated rings. The number of carbonyl (C=O) groups excluding carboxylic acids is 1. The summed E-state index contributed by atoms with van der Waals surface area (Å²) in [5, 5.41) is 6.00. The van der Waals surface area contributed by atoms with Crippen molar-refractivity contribution >= 4 is 33.7 Å². The third-order valence-electron chi connectivity index (χ3n) is 2.79. The van der Waals surface area contributed by atoms with E-state index in [0.717, 1.165) is 11.5 Å². The van der Waals surface area contributed by atoms with E-state index in [-0.39, 0.29) is 5.91 Å². The molecular formula is C14H13N3O2S2. The predicted molar refractivity (Wildman–Crippen MR) is 84.1 cm³/mol. The minimum Gasteiger partial charge on any atom is -0.459 e. The molecule has 1 amide bonds. The molecule has 0 radical (unpaired) electrons. The van der Waals surface area contributed by atoms with Crippen molar-refractivity contribution in [3.8, 4) is 10.8 Å². The summed E-state index contributed by atoms with van der Waals surface area (Å²) in [6.07, 6.45) is 0. The molecular weight excluding hydrogens is 306 g/mol. The standard InChI is InChI=1S/C14H13N3O2S2/c1-7-6-20-14(15-7)17-12(18)11-9(3)16-13(21-11)10-5-4-8(2)19-10/h4-6H,1-3H3,(H,15,17,18). The predicted octanol–water partition coefficient (Wildman–Crippen LogP) is 4.04. The number of rotatable bonds is 3. The van der Waals surface area contributed by atoms with Gasteiger partial charge in [0.2, 0.25) is 0 Å². The van der Waals surface area contributed by atoms with Gasteiger partial charge in [-0.25, -0.2) is 9.97 Å². The third-order valence-corrected chi connectivity index (χ3v) is 4.84. The molecule has 21 heavy (non-hydrogen) atoms. The Kier molecular flexibility index (Phi) is 3.60. The van der Waals surface area contributed by atoms with E-state index in [1.165, 1.54) is 22.7 Å². The van der Waals surface area contributed by atoms with E-state index in [1.807, 2.05) is 38.3 Å². The van der Waals surface area contributed by atoms with Crippen molar-refractivity contribution in [1.29, 1.82) is 0 Å². The number of thiazole rings is 2. The second kappa shape index (κ2) is 5.42. The molecule has 108 valence electrons. The molecule has 3 aromatic rings. The monoisotopic (exact) mass is 319 g/mol.